The van der Waals surface area contributed by atoms with Gasteiger partial charge in [0.25, 0.3) is 0 Å². The van der Waals surface area contributed by atoms with Crippen LogP contribution in [0.1, 0.15) is 144 Å². The first kappa shape index (κ1) is 96.4. The Balaban J connectivity index is 0.696. The molecule has 0 spiro atoms. The smallest absolute Gasteiger partial charge is 0.187 e. The van der Waals surface area contributed by atoms with Gasteiger partial charge in [0.1, 0.15) is 182 Å². The predicted octanol–water partition coefficient (Wildman–Crippen LogP) is -5.91. The van der Waals surface area contributed by atoms with E-state index in [2.05, 4.69) is 46.0 Å². The van der Waals surface area contributed by atoms with Crippen LogP contribution < -0.4 is 5.32 Å². The summed E-state index contributed by atoms with van der Waals surface area (Å²) in [4.78, 5) is 40.3. The van der Waals surface area contributed by atoms with Crippen molar-refractivity contribution in [1.29, 1.82) is 0 Å². The minimum Gasteiger partial charge on any atom is -0.394 e. The molecule has 21 heterocycles. The summed E-state index contributed by atoms with van der Waals surface area (Å²) in [5.74, 6) is 2.81. The number of aliphatic hydroxyl groups excluding tert-OH is 20. The summed E-state index contributed by atoms with van der Waals surface area (Å²) in [6.07, 6.45) is -56.8. The van der Waals surface area contributed by atoms with Crippen molar-refractivity contribution in [3.63, 3.8) is 0 Å². The normalized spacial score (nSPS) is 48.2. The fraction of sp³-hybridized carbons (Fsp3) is 0.938. The first-order chi connectivity index (χ1) is 57.1. The van der Waals surface area contributed by atoms with E-state index in [1.54, 1.807) is 0 Å². The SMILES string of the molecule is CC(=O)C(COC1CC[C@@]2(C)C(=CC[C@H]3[C@@H]4CC[C@H]([C@H](C)CCCC(C)C)[C@@]4(C)CC[C@@H]32)C1)CC(=O)CNCCC(=O)CCC[C@@H]1O[C@H]2O[C@H]3[C@H](O)[C@@H](O)[C@@H](O[C@H]4[C@H](O)[C@@H](O)[C@@H](O[C@H]5[C@H](O)[C@@H](O)[C@@H](O[C@H]6[C@H](O)[C@@H](O)[C@@H](O[C@H]7[C@H](O)[C@@H](O)[C@@H](O[C@H]8[C@H](O)[C@@H](O)[C@@H](O[C@@H]1C(O)C2O)O[C@@H]8CO)O[C@@H]7CO)O[C@@H]6CO)O[C@@H]5CO)O[C@@H]4CO)O[C@@H]3CO. The Hall–Kier alpha value is -2.69. The number of carbonyl (C=O) groups is 3. The average Bonchev–Trinajstić information content (AvgIpc) is 1.47. The lowest BCUT2D eigenvalue weighted by Crippen LogP contribution is -2.68. The Morgan fingerprint density at radius 1 is 0.442 bits per heavy atom. The molecule has 3 saturated carbocycles. The van der Waals surface area contributed by atoms with Crippen LogP contribution in [0.5, 0.6) is 0 Å². The maximum Gasteiger partial charge on any atom is 0.187 e. The minimum atomic E-state index is -2.26. The van der Waals surface area contributed by atoms with Crippen molar-refractivity contribution in [2.75, 3.05) is 59.3 Å². The topological polar surface area (TPSA) is 606 Å². The van der Waals surface area contributed by atoms with Crippen molar-refractivity contribution in [2.45, 2.75) is 365 Å². The number of rotatable bonds is 26. The van der Waals surface area contributed by atoms with Crippen molar-refractivity contribution in [3.8, 4) is 0 Å². The lowest BCUT2D eigenvalue weighted by Gasteiger charge is -2.58. The van der Waals surface area contributed by atoms with E-state index in [1.165, 1.54) is 57.4 Å². The van der Waals surface area contributed by atoms with Crippen LogP contribution in [-0.2, 0) is 85.4 Å². The number of aliphatic hydroxyl groups is 20. The maximum atomic E-state index is 13.7. The van der Waals surface area contributed by atoms with Crippen LogP contribution in [0, 0.1) is 52.3 Å². The Labute approximate surface area is 696 Å². The zero-order chi connectivity index (χ0) is 86.8. The molecule has 0 aromatic carbocycles. The van der Waals surface area contributed by atoms with Crippen LogP contribution in [-0.4, -0.2) is 400 Å². The Kier molecular flexibility index (Phi) is 33.6. The van der Waals surface area contributed by atoms with Gasteiger partial charge in [-0.2, -0.15) is 0 Å². The number of hydrogen-bond donors (Lipinski definition) is 21. The molecule has 21 N–H and O–H groups in total. The molecule has 44 atom stereocenters. The molecule has 0 aromatic rings. The van der Waals surface area contributed by atoms with E-state index < -0.39 is 261 Å². The van der Waals surface area contributed by atoms with Crippen molar-refractivity contribution in [2.24, 2.45) is 52.3 Å². The summed E-state index contributed by atoms with van der Waals surface area (Å²) in [7, 11) is 0. The molecular weight excluding hydrogens is 1590 g/mol. The number of nitrogens with one attached hydrogen (secondary N) is 1. The highest BCUT2D eigenvalue weighted by Gasteiger charge is 2.63. The second-order valence-electron chi connectivity index (χ2n) is 36.4. The summed E-state index contributed by atoms with van der Waals surface area (Å²) in [6, 6.07) is 0. The van der Waals surface area contributed by atoms with E-state index >= 15 is 0 Å². The highest BCUT2D eigenvalue weighted by molar-refractivity contribution is 5.88. The molecule has 690 valence electrons. The number of allylic oxidation sites excluding steroid dienone is 1. The summed E-state index contributed by atoms with van der Waals surface area (Å²) in [6.45, 7) is 7.19. The number of carbonyl (C=O) groups excluding carboxylic acids is 3. The Bertz CT molecular complexity index is 3280. The van der Waals surface area contributed by atoms with Gasteiger partial charge in [-0.05, 0) is 117 Å². The average molecular weight is 1730 g/mol. The molecule has 24 fully saturated rings. The predicted molar refractivity (Wildman–Crippen MR) is 404 cm³/mol. The van der Waals surface area contributed by atoms with Gasteiger partial charge in [0.05, 0.1) is 65.0 Å². The van der Waals surface area contributed by atoms with Crippen molar-refractivity contribution < 1.29 is 188 Å². The van der Waals surface area contributed by atoms with Crippen LogP contribution >= 0.6 is 0 Å². The third-order valence-electron chi connectivity index (χ3n) is 28.3. The maximum absolute atomic E-state index is 13.7. The van der Waals surface area contributed by atoms with E-state index in [1.807, 2.05) is 0 Å². The van der Waals surface area contributed by atoms with Gasteiger partial charge in [0.15, 0.2) is 44.0 Å². The molecular formula is C81H133NO38. The van der Waals surface area contributed by atoms with E-state index in [0.717, 1.165) is 49.4 Å². The lowest BCUT2D eigenvalue weighted by atomic mass is 9.47. The first-order valence-corrected chi connectivity index (χ1v) is 43.0. The summed E-state index contributed by atoms with van der Waals surface area (Å²) >= 11 is 0. The molecule has 4 aliphatic carbocycles. The Morgan fingerprint density at radius 3 is 1.18 bits per heavy atom. The molecule has 39 nitrogen and oxygen atoms in total. The molecule has 0 amide bonds. The molecule has 120 heavy (non-hydrogen) atoms. The Morgan fingerprint density at radius 2 is 0.817 bits per heavy atom. The zero-order valence-corrected chi connectivity index (χ0v) is 68.9. The molecule has 25 rings (SSSR count). The van der Waals surface area contributed by atoms with Gasteiger partial charge in [-0.3, -0.25) is 14.4 Å². The van der Waals surface area contributed by atoms with Gasteiger partial charge in [-0.25, -0.2) is 0 Å². The number of Topliss-reactive ketones (excluding diaryl/α,β-unsaturated/α-hetero) is 3. The third-order valence-corrected chi connectivity index (χ3v) is 28.3. The van der Waals surface area contributed by atoms with Crippen LogP contribution in [0.15, 0.2) is 11.6 Å². The molecule has 0 radical (unpaired) electrons. The van der Waals surface area contributed by atoms with Gasteiger partial charge in [-0.15, -0.1) is 0 Å². The van der Waals surface area contributed by atoms with Crippen molar-refractivity contribution in [3.05, 3.63) is 11.6 Å². The van der Waals surface area contributed by atoms with Gasteiger partial charge in [-0.1, -0.05) is 65.5 Å². The summed E-state index contributed by atoms with van der Waals surface area (Å²) in [5.41, 5.74) is 1.95. The van der Waals surface area contributed by atoms with Gasteiger partial charge < -0.3 is 179 Å². The second kappa shape index (κ2) is 41.8. The fourth-order valence-electron chi connectivity index (χ4n) is 21.3. The van der Waals surface area contributed by atoms with E-state index in [0.29, 0.717) is 17.3 Å². The number of hydrogen-bond acceptors (Lipinski definition) is 39. The monoisotopic (exact) mass is 1730 g/mol. The van der Waals surface area contributed by atoms with Crippen LogP contribution in [0.3, 0.4) is 0 Å². The molecule has 0 aromatic heterocycles. The first-order valence-electron chi connectivity index (χ1n) is 43.0. The summed E-state index contributed by atoms with van der Waals surface area (Å²) < 4.78 is 88.8. The number of ether oxygens (including phenoxy) is 15. The molecule has 25 aliphatic rings. The molecule has 4 unspecified atom stereocenters. The van der Waals surface area contributed by atoms with Crippen LogP contribution in [0.4, 0.5) is 0 Å². The zero-order valence-electron chi connectivity index (χ0n) is 68.9. The van der Waals surface area contributed by atoms with Crippen molar-refractivity contribution in [1.82, 2.24) is 5.32 Å². The largest absolute Gasteiger partial charge is 0.394 e. The second-order valence-corrected chi connectivity index (χ2v) is 36.4. The summed E-state index contributed by atoms with van der Waals surface area (Å²) in [5, 5.41) is 230. The highest BCUT2D eigenvalue weighted by Crippen LogP contribution is 2.68. The van der Waals surface area contributed by atoms with E-state index in [9.17, 15) is 117 Å². The number of fused-ring (bicyclic) bond motifs is 5. The minimum absolute atomic E-state index is 0.0367. The highest BCUT2D eigenvalue weighted by atomic mass is 16.8. The van der Waals surface area contributed by atoms with E-state index in [-0.39, 0.29) is 80.7 Å². The van der Waals surface area contributed by atoms with E-state index in [4.69, 9.17) is 71.1 Å². The van der Waals surface area contributed by atoms with Gasteiger partial charge >= 0.3 is 0 Å². The quantitative estimate of drug-likeness (QED) is 0.0283. The van der Waals surface area contributed by atoms with Crippen LogP contribution in [0.25, 0.3) is 0 Å². The molecule has 14 bridgehead atoms. The molecule has 21 aliphatic heterocycles. The fourth-order valence-corrected chi connectivity index (χ4v) is 21.3. The molecule has 21 saturated heterocycles. The van der Waals surface area contributed by atoms with Gasteiger partial charge in [0, 0.05) is 31.7 Å². The third kappa shape index (κ3) is 20.5. The standard InChI is InChI=1S/C81H133NO38/c1-33(2)9-7-10-34(3)42-15-16-43-41-14-13-37-24-40(17-20-80(37,5)44(41)18-21-81(42,43)6)106-32-36(35(4)89)23-39(91)25-82-22-19-38(90)11-8-12-45-66-52(92)59(99)73(107-45)115-67-46(26-83)109-75(61(101)54(67)94)117-69-48(28-85)111-77(63(103)56(69)96)119-71-50(30-87)113-79(65(105)58(71)98)120-72-51(31-88)112-78(64(104)57(72)97)118-70-49(29-86)110-76(62(102)55(70)95)116-68-47(27-84)108-74(114-66)60(100)53(68)93/h13,33-34,36,40-79,82-88,92-105H,7-12,14-32H2,1-6H3/t34-,36?,40?,41+,42-,43+,44+,45+,46-,47-,48-,49-,50-,51-,52?,53-,54-,55-,56-,57-,58-,59?,60-,61-,62-,63-,64-,65-,66+,67-,68-,69-,70-,71-,72-,73+,74-,75-,76-,77-,78-,79-,80+,81-/m1/s1. The van der Waals surface area contributed by atoms with Gasteiger partial charge in [0.2, 0.25) is 0 Å². The number of ketones is 3. The van der Waals surface area contributed by atoms with Crippen molar-refractivity contribution >= 4 is 17.3 Å². The lowest BCUT2D eigenvalue weighted by molar-refractivity contribution is -0.396. The van der Waals surface area contributed by atoms with Crippen LogP contribution in [0.2, 0.25) is 0 Å². The molecule has 39 heteroatoms.